The van der Waals surface area contributed by atoms with Crippen LogP contribution in [0, 0.1) is 5.92 Å². The standard InChI is InChI=1S/C22H21N3O3S2/c1-3-15(2)21-24-30(27,28)20-14-16(23-22(26)19-10-7-13-29-19)11-12-18(20)25(21)17-8-5-4-6-9-17/h4-15H,3H2,1-2H3,(H,23,26). The van der Waals surface area contributed by atoms with Gasteiger partial charge in [0, 0.05) is 17.3 Å². The summed E-state index contributed by atoms with van der Waals surface area (Å²) in [6.45, 7) is 3.96. The van der Waals surface area contributed by atoms with Crippen molar-refractivity contribution >= 4 is 50.2 Å². The SMILES string of the molecule is CCC(C)C1=NS(=O)(=O)c2cc(NC(=O)c3cccs3)ccc2N1c1ccccc1. The van der Waals surface area contributed by atoms with Gasteiger partial charge in [-0.25, -0.2) is 0 Å². The maximum absolute atomic E-state index is 13.0. The molecule has 2 heterocycles. The molecule has 1 N–H and O–H groups in total. The Labute approximate surface area is 179 Å². The number of amidine groups is 1. The van der Waals surface area contributed by atoms with Gasteiger partial charge in [-0.1, -0.05) is 38.1 Å². The molecule has 1 amide bonds. The van der Waals surface area contributed by atoms with E-state index in [0.717, 1.165) is 12.1 Å². The first-order chi connectivity index (χ1) is 14.4. The van der Waals surface area contributed by atoms with E-state index in [1.54, 1.807) is 24.3 Å². The second kappa shape index (κ2) is 8.04. The number of para-hydroxylation sites is 1. The van der Waals surface area contributed by atoms with Crippen LogP contribution in [0.25, 0.3) is 0 Å². The lowest BCUT2D eigenvalue weighted by molar-refractivity contribution is 0.103. The number of rotatable bonds is 5. The van der Waals surface area contributed by atoms with Crippen LogP contribution in [0.4, 0.5) is 17.1 Å². The molecule has 154 valence electrons. The number of hydrogen-bond acceptors (Lipinski definition) is 5. The molecule has 6 nitrogen and oxygen atoms in total. The lowest BCUT2D eigenvalue weighted by Gasteiger charge is -2.33. The van der Waals surface area contributed by atoms with Crippen LogP contribution in [0.15, 0.2) is 75.3 Å². The molecule has 2 aromatic carbocycles. The van der Waals surface area contributed by atoms with E-state index < -0.39 is 10.0 Å². The van der Waals surface area contributed by atoms with E-state index in [1.807, 2.05) is 54.5 Å². The minimum Gasteiger partial charge on any atom is -0.321 e. The fourth-order valence-corrected chi connectivity index (χ4v) is 5.19. The van der Waals surface area contributed by atoms with E-state index in [-0.39, 0.29) is 16.7 Å². The summed E-state index contributed by atoms with van der Waals surface area (Å²) in [5.41, 5.74) is 1.77. The Hall–Kier alpha value is -2.97. The van der Waals surface area contributed by atoms with Gasteiger partial charge in [0.1, 0.15) is 10.7 Å². The monoisotopic (exact) mass is 439 g/mol. The average Bonchev–Trinajstić information content (AvgIpc) is 3.29. The topological polar surface area (TPSA) is 78.8 Å². The Bertz CT molecular complexity index is 1200. The Kier molecular flexibility index (Phi) is 5.44. The van der Waals surface area contributed by atoms with Crippen molar-refractivity contribution in [1.82, 2.24) is 0 Å². The number of hydrogen-bond donors (Lipinski definition) is 1. The molecule has 1 aliphatic heterocycles. The molecule has 4 rings (SSSR count). The molecule has 0 fully saturated rings. The summed E-state index contributed by atoms with van der Waals surface area (Å²) in [4.78, 5) is 14.9. The van der Waals surface area contributed by atoms with Gasteiger partial charge in [-0.15, -0.1) is 15.7 Å². The van der Waals surface area contributed by atoms with Crippen molar-refractivity contribution in [1.29, 1.82) is 0 Å². The van der Waals surface area contributed by atoms with E-state index in [1.165, 1.54) is 17.4 Å². The van der Waals surface area contributed by atoms with Gasteiger partial charge in [0.2, 0.25) is 0 Å². The molecule has 0 bridgehead atoms. The van der Waals surface area contributed by atoms with Crippen molar-refractivity contribution in [2.24, 2.45) is 10.3 Å². The number of fused-ring (bicyclic) bond motifs is 1. The molecule has 0 radical (unpaired) electrons. The highest BCUT2D eigenvalue weighted by atomic mass is 32.2. The molecule has 1 aromatic heterocycles. The van der Waals surface area contributed by atoms with Gasteiger partial charge in [0.25, 0.3) is 15.9 Å². The lowest BCUT2D eigenvalue weighted by Crippen LogP contribution is -2.36. The molecule has 3 aromatic rings. The third-order valence-corrected chi connectivity index (χ3v) is 7.17. The normalized spacial score (nSPS) is 15.8. The second-order valence-corrected chi connectivity index (χ2v) is 9.54. The number of amides is 1. The number of nitrogens with zero attached hydrogens (tertiary/aromatic N) is 2. The van der Waals surface area contributed by atoms with E-state index in [0.29, 0.717) is 22.1 Å². The Morgan fingerprint density at radius 3 is 2.57 bits per heavy atom. The van der Waals surface area contributed by atoms with Crippen LogP contribution < -0.4 is 10.2 Å². The zero-order valence-electron chi connectivity index (χ0n) is 16.6. The quantitative estimate of drug-likeness (QED) is 0.586. The molecule has 8 heteroatoms. The van der Waals surface area contributed by atoms with Gasteiger partial charge in [0.15, 0.2) is 0 Å². The molecule has 0 spiro atoms. The van der Waals surface area contributed by atoms with E-state index in [2.05, 4.69) is 9.71 Å². The van der Waals surface area contributed by atoms with Crippen molar-refractivity contribution in [3.8, 4) is 0 Å². The number of carbonyl (C=O) groups is 1. The van der Waals surface area contributed by atoms with Crippen LogP contribution in [0.5, 0.6) is 0 Å². The van der Waals surface area contributed by atoms with Gasteiger partial charge < -0.3 is 5.32 Å². The molecule has 30 heavy (non-hydrogen) atoms. The third-order valence-electron chi connectivity index (χ3n) is 4.99. The number of thiophene rings is 1. The fourth-order valence-electron chi connectivity index (χ4n) is 3.26. The minimum atomic E-state index is -3.90. The largest absolute Gasteiger partial charge is 0.321 e. The maximum Gasteiger partial charge on any atom is 0.286 e. The lowest BCUT2D eigenvalue weighted by atomic mass is 10.1. The van der Waals surface area contributed by atoms with Crippen LogP contribution >= 0.6 is 11.3 Å². The number of carbonyl (C=O) groups excluding carboxylic acids is 1. The smallest absolute Gasteiger partial charge is 0.286 e. The predicted octanol–water partition coefficient (Wildman–Crippen LogP) is 5.29. The number of anilines is 3. The first kappa shape index (κ1) is 20.3. The summed E-state index contributed by atoms with van der Waals surface area (Å²) in [6.07, 6.45) is 0.752. The predicted molar refractivity (Wildman–Crippen MR) is 121 cm³/mol. The summed E-state index contributed by atoms with van der Waals surface area (Å²) in [5.74, 6) is 0.166. The number of nitrogens with one attached hydrogen (secondary N) is 1. The van der Waals surface area contributed by atoms with Crippen molar-refractivity contribution in [3.05, 3.63) is 70.9 Å². The Morgan fingerprint density at radius 1 is 1.13 bits per heavy atom. The van der Waals surface area contributed by atoms with Gasteiger partial charge in [-0.05, 0) is 48.2 Å². The molecule has 1 aliphatic rings. The summed E-state index contributed by atoms with van der Waals surface area (Å²) >= 11 is 1.32. The van der Waals surface area contributed by atoms with Crippen LogP contribution in [-0.2, 0) is 10.0 Å². The first-order valence-electron chi connectivity index (χ1n) is 9.59. The van der Waals surface area contributed by atoms with Crippen LogP contribution in [0.1, 0.15) is 29.9 Å². The molecule has 0 aliphatic carbocycles. The molecular formula is C22H21N3O3S2. The summed E-state index contributed by atoms with van der Waals surface area (Å²) < 4.78 is 30.2. The van der Waals surface area contributed by atoms with E-state index in [4.69, 9.17) is 0 Å². The van der Waals surface area contributed by atoms with Crippen LogP contribution in [0.2, 0.25) is 0 Å². The fraction of sp³-hybridized carbons (Fsp3) is 0.182. The first-order valence-corrected chi connectivity index (χ1v) is 11.9. The number of sulfonamides is 1. The van der Waals surface area contributed by atoms with E-state index in [9.17, 15) is 13.2 Å². The Morgan fingerprint density at radius 2 is 1.90 bits per heavy atom. The van der Waals surface area contributed by atoms with Crippen molar-refractivity contribution in [2.45, 2.75) is 25.2 Å². The van der Waals surface area contributed by atoms with Crippen LogP contribution in [-0.4, -0.2) is 20.2 Å². The van der Waals surface area contributed by atoms with Crippen molar-refractivity contribution in [3.63, 3.8) is 0 Å². The third kappa shape index (κ3) is 3.76. The molecule has 1 atom stereocenters. The van der Waals surface area contributed by atoms with Gasteiger partial charge in [-0.2, -0.15) is 8.42 Å². The highest BCUT2D eigenvalue weighted by Gasteiger charge is 2.34. The average molecular weight is 440 g/mol. The molecule has 1 unspecified atom stereocenters. The molecule has 0 saturated heterocycles. The van der Waals surface area contributed by atoms with Gasteiger partial charge >= 0.3 is 0 Å². The van der Waals surface area contributed by atoms with Crippen molar-refractivity contribution in [2.75, 3.05) is 10.2 Å². The van der Waals surface area contributed by atoms with E-state index >= 15 is 0 Å². The highest BCUT2D eigenvalue weighted by molar-refractivity contribution is 7.90. The summed E-state index contributed by atoms with van der Waals surface area (Å²) in [7, 11) is -3.90. The van der Waals surface area contributed by atoms with Crippen molar-refractivity contribution < 1.29 is 13.2 Å². The minimum absolute atomic E-state index is 0.0497. The molecule has 0 saturated carbocycles. The second-order valence-electron chi connectivity index (χ2n) is 7.02. The molecular weight excluding hydrogens is 418 g/mol. The summed E-state index contributed by atoms with van der Waals surface area (Å²) in [5, 5.41) is 4.59. The highest BCUT2D eigenvalue weighted by Crippen LogP contribution is 2.40. The van der Waals surface area contributed by atoms with Gasteiger partial charge in [-0.3, -0.25) is 9.69 Å². The number of benzene rings is 2. The summed E-state index contributed by atoms with van der Waals surface area (Å²) in [6, 6.07) is 18.0. The van der Waals surface area contributed by atoms with Gasteiger partial charge in [0.05, 0.1) is 10.6 Å². The Balaban J connectivity index is 1.81. The zero-order chi connectivity index (χ0) is 21.3. The van der Waals surface area contributed by atoms with Crippen LogP contribution in [0.3, 0.4) is 0 Å². The zero-order valence-corrected chi connectivity index (χ0v) is 18.2. The maximum atomic E-state index is 13.0.